The van der Waals surface area contributed by atoms with E-state index in [1.165, 1.54) is 35.3 Å². The first-order valence-electron chi connectivity index (χ1n) is 7.25. The SMILES string of the molecule is NNC(=O)c1ccc(-c2ncn(-c3ccc(OC(F)(F)F)cc3)n2)cc1. The van der Waals surface area contributed by atoms with E-state index in [9.17, 15) is 18.0 Å². The van der Waals surface area contributed by atoms with Crippen molar-refractivity contribution in [1.29, 1.82) is 0 Å². The Balaban J connectivity index is 1.78. The molecular formula is C16H12F3N5O2. The maximum absolute atomic E-state index is 12.2. The molecule has 0 aliphatic heterocycles. The highest BCUT2D eigenvalue weighted by Gasteiger charge is 2.30. The van der Waals surface area contributed by atoms with Crippen LogP contribution in [0.4, 0.5) is 13.2 Å². The highest BCUT2D eigenvalue weighted by atomic mass is 19.4. The summed E-state index contributed by atoms with van der Waals surface area (Å²) in [6.07, 6.45) is -3.32. The molecule has 7 nitrogen and oxygen atoms in total. The molecule has 0 saturated carbocycles. The largest absolute Gasteiger partial charge is 0.573 e. The van der Waals surface area contributed by atoms with Crippen molar-refractivity contribution in [2.45, 2.75) is 6.36 Å². The number of carbonyl (C=O) groups is 1. The van der Waals surface area contributed by atoms with Gasteiger partial charge in [-0.25, -0.2) is 15.5 Å². The fourth-order valence-corrected chi connectivity index (χ4v) is 2.17. The lowest BCUT2D eigenvalue weighted by Gasteiger charge is -2.09. The highest BCUT2D eigenvalue weighted by Crippen LogP contribution is 2.24. The average molecular weight is 363 g/mol. The molecule has 3 N–H and O–H groups in total. The van der Waals surface area contributed by atoms with E-state index in [0.29, 0.717) is 22.6 Å². The fraction of sp³-hybridized carbons (Fsp3) is 0.0625. The number of nitrogens with zero attached hydrogens (tertiary/aromatic N) is 3. The van der Waals surface area contributed by atoms with Crippen LogP contribution in [0.5, 0.6) is 5.75 Å². The lowest BCUT2D eigenvalue weighted by atomic mass is 10.1. The van der Waals surface area contributed by atoms with Gasteiger partial charge in [0, 0.05) is 11.1 Å². The Hall–Kier alpha value is -3.40. The van der Waals surface area contributed by atoms with Crippen molar-refractivity contribution in [3.05, 3.63) is 60.4 Å². The molecule has 0 aliphatic rings. The van der Waals surface area contributed by atoms with E-state index in [1.54, 1.807) is 24.3 Å². The summed E-state index contributed by atoms with van der Waals surface area (Å²) in [6, 6.07) is 11.7. The van der Waals surface area contributed by atoms with Crippen molar-refractivity contribution in [1.82, 2.24) is 20.2 Å². The van der Waals surface area contributed by atoms with Crippen molar-refractivity contribution in [3.63, 3.8) is 0 Å². The van der Waals surface area contributed by atoms with Gasteiger partial charge in [-0.15, -0.1) is 18.3 Å². The van der Waals surface area contributed by atoms with Crippen LogP contribution in [0, 0.1) is 0 Å². The van der Waals surface area contributed by atoms with Crippen LogP contribution >= 0.6 is 0 Å². The van der Waals surface area contributed by atoms with Crippen molar-refractivity contribution in [2.75, 3.05) is 0 Å². The van der Waals surface area contributed by atoms with Gasteiger partial charge in [0.25, 0.3) is 5.91 Å². The zero-order valence-electron chi connectivity index (χ0n) is 13.1. The first kappa shape index (κ1) is 17.4. The average Bonchev–Trinajstić information content (AvgIpc) is 3.10. The number of ether oxygens (including phenoxy) is 1. The number of hydrazine groups is 1. The molecule has 134 valence electrons. The van der Waals surface area contributed by atoms with Crippen molar-refractivity contribution >= 4 is 5.91 Å². The van der Waals surface area contributed by atoms with Gasteiger partial charge in [0.1, 0.15) is 12.1 Å². The molecule has 0 radical (unpaired) electrons. The molecule has 1 aromatic heterocycles. The summed E-state index contributed by atoms with van der Waals surface area (Å²) in [5.74, 6) is 4.71. The zero-order chi connectivity index (χ0) is 18.7. The number of nitrogen functional groups attached to an aromatic ring is 1. The van der Waals surface area contributed by atoms with E-state index < -0.39 is 12.3 Å². The number of carbonyl (C=O) groups excluding carboxylic acids is 1. The van der Waals surface area contributed by atoms with Gasteiger partial charge in [-0.2, -0.15) is 0 Å². The molecule has 26 heavy (non-hydrogen) atoms. The normalized spacial score (nSPS) is 11.2. The first-order chi connectivity index (χ1) is 12.4. The molecule has 10 heteroatoms. The number of hydrogen-bond acceptors (Lipinski definition) is 5. The van der Waals surface area contributed by atoms with Gasteiger partial charge in [0.2, 0.25) is 0 Å². The number of hydrogen-bond donors (Lipinski definition) is 2. The quantitative estimate of drug-likeness (QED) is 0.422. The summed E-state index contributed by atoms with van der Waals surface area (Å²) in [5.41, 5.74) is 3.59. The Kier molecular flexibility index (Phi) is 4.59. The van der Waals surface area contributed by atoms with Crippen LogP contribution in [-0.4, -0.2) is 27.0 Å². The summed E-state index contributed by atoms with van der Waals surface area (Å²) in [5, 5.41) is 4.27. The van der Waals surface area contributed by atoms with Crippen LogP contribution in [0.2, 0.25) is 0 Å². The minimum Gasteiger partial charge on any atom is -0.406 e. The van der Waals surface area contributed by atoms with Gasteiger partial charge in [-0.3, -0.25) is 10.2 Å². The number of halogens is 3. The van der Waals surface area contributed by atoms with Crippen LogP contribution in [0.15, 0.2) is 54.9 Å². The monoisotopic (exact) mass is 363 g/mol. The second-order valence-electron chi connectivity index (χ2n) is 5.11. The van der Waals surface area contributed by atoms with E-state index in [4.69, 9.17) is 5.84 Å². The molecule has 0 unspecified atom stereocenters. The Bertz CT molecular complexity index is 905. The van der Waals surface area contributed by atoms with Gasteiger partial charge in [-0.05, 0) is 36.4 Å². The van der Waals surface area contributed by atoms with E-state index in [0.717, 1.165) is 0 Å². The Labute approximate surface area is 145 Å². The maximum Gasteiger partial charge on any atom is 0.573 e. The molecule has 3 rings (SSSR count). The molecule has 0 spiro atoms. The molecule has 0 bridgehead atoms. The summed E-state index contributed by atoms with van der Waals surface area (Å²) < 4.78 is 41.8. The zero-order valence-corrected chi connectivity index (χ0v) is 13.1. The number of benzene rings is 2. The summed E-state index contributed by atoms with van der Waals surface area (Å²) in [4.78, 5) is 15.6. The standard InChI is InChI=1S/C16H12F3N5O2/c17-16(18,19)26-13-7-5-12(6-8-13)24-9-21-14(23-24)10-1-3-11(4-2-10)15(25)22-20/h1-9H,20H2,(H,22,25). The number of amides is 1. The predicted octanol–water partition coefficient (Wildman–Crippen LogP) is 2.44. The van der Waals surface area contributed by atoms with Gasteiger partial charge in [0.05, 0.1) is 5.69 Å². The third-order valence-electron chi connectivity index (χ3n) is 3.36. The first-order valence-corrected chi connectivity index (χ1v) is 7.25. The molecule has 3 aromatic rings. The summed E-state index contributed by atoms with van der Waals surface area (Å²) in [7, 11) is 0. The lowest BCUT2D eigenvalue weighted by Crippen LogP contribution is -2.29. The van der Waals surface area contributed by atoms with Crippen LogP contribution in [0.1, 0.15) is 10.4 Å². The molecular weight excluding hydrogens is 351 g/mol. The maximum atomic E-state index is 12.2. The second kappa shape index (κ2) is 6.84. The van der Waals surface area contributed by atoms with Crippen LogP contribution in [0.25, 0.3) is 17.1 Å². The predicted molar refractivity (Wildman–Crippen MR) is 85.1 cm³/mol. The van der Waals surface area contributed by atoms with E-state index in [1.807, 2.05) is 5.43 Å². The molecule has 0 fully saturated rings. The summed E-state index contributed by atoms with van der Waals surface area (Å²) >= 11 is 0. The van der Waals surface area contributed by atoms with E-state index in [-0.39, 0.29) is 5.75 Å². The lowest BCUT2D eigenvalue weighted by molar-refractivity contribution is -0.274. The molecule has 2 aromatic carbocycles. The van der Waals surface area contributed by atoms with Crippen molar-refractivity contribution in [3.8, 4) is 22.8 Å². The Morgan fingerprint density at radius 2 is 1.73 bits per heavy atom. The number of alkyl halides is 3. The molecule has 0 aliphatic carbocycles. The number of nitrogens with two attached hydrogens (primary N) is 1. The summed E-state index contributed by atoms with van der Waals surface area (Å²) in [6.45, 7) is 0. The minimum atomic E-state index is -4.74. The third-order valence-corrected chi connectivity index (χ3v) is 3.36. The highest BCUT2D eigenvalue weighted by molar-refractivity contribution is 5.94. The number of nitrogens with one attached hydrogen (secondary N) is 1. The molecule has 0 saturated heterocycles. The Morgan fingerprint density at radius 1 is 1.08 bits per heavy atom. The van der Waals surface area contributed by atoms with Gasteiger partial charge < -0.3 is 4.74 Å². The second-order valence-corrected chi connectivity index (χ2v) is 5.11. The van der Waals surface area contributed by atoms with Crippen LogP contribution in [-0.2, 0) is 0 Å². The Morgan fingerprint density at radius 3 is 2.31 bits per heavy atom. The van der Waals surface area contributed by atoms with Gasteiger partial charge >= 0.3 is 6.36 Å². The van der Waals surface area contributed by atoms with Crippen LogP contribution < -0.4 is 16.0 Å². The third kappa shape index (κ3) is 3.98. The van der Waals surface area contributed by atoms with Crippen LogP contribution in [0.3, 0.4) is 0 Å². The van der Waals surface area contributed by atoms with Crippen molar-refractivity contribution in [2.24, 2.45) is 5.84 Å². The van der Waals surface area contributed by atoms with E-state index >= 15 is 0 Å². The van der Waals surface area contributed by atoms with Crippen molar-refractivity contribution < 1.29 is 22.7 Å². The molecule has 1 heterocycles. The van der Waals surface area contributed by atoms with E-state index in [2.05, 4.69) is 14.8 Å². The number of aromatic nitrogens is 3. The smallest absolute Gasteiger partial charge is 0.406 e. The number of rotatable bonds is 4. The topological polar surface area (TPSA) is 95.1 Å². The van der Waals surface area contributed by atoms with Gasteiger partial charge in [-0.1, -0.05) is 12.1 Å². The minimum absolute atomic E-state index is 0.324. The van der Waals surface area contributed by atoms with Gasteiger partial charge in [0.15, 0.2) is 5.82 Å². The molecule has 0 atom stereocenters. The molecule has 1 amide bonds. The fourth-order valence-electron chi connectivity index (χ4n) is 2.17.